The molecule has 1 aromatic heterocycles. The summed E-state index contributed by atoms with van der Waals surface area (Å²) < 4.78 is 0. The van der Waals surface area contributed by atoms with Crippen molar-refractivity contribution in [2.45, 2.75) is 66.3 Å². The number of hydrogen-bond donors (Lipinski definition) is 1. The second-order valence-electron chi connectivity index (χ2n) is 6.69. The topological polar surface area (TPSA) is 24.9 Å². The standard InChI is InChI=1S/C15H28N2S/c1-7-8-15(6,11-17-14(3,4)5)9-13-10-16-12(2)18-13/h10,17H,7-9,11H2,1-6H3. The van der Waals surface area contributed by atoms with Gasteiger partial charge in [0.15, 0.2) is 0 Å². The van der Waals surface area contributed by atoms with Crippen LogP contribution in [0.3, 0.4) is 0 Å². The van der Waals surface area contributed by atoms with Gasteiger partial charge in [0.25, 0.3) is 0 Å². The van der Waals surface area contributed by atoms with Crippen LogP contribution in [-0.4, -0.2) is 17.1 Å². The van der Waals surface area contributed by atoms with Gasteiger partial charge in [0.05, 0.1) is 5.01 Å². The first kappa shape index (κ1) is 15.6. The fourth-order valence-electron chi connectivity index (χ4n) is 2.23. The summed E-state index contributed by atoms with van der Waals surface area (Å²) >= 11 is 1.83. The normalized spacial score (nSPS) is 15.7. The highest BCUT2D eigenvalue weighted by Crippen LogP contribution is 2.30. The van der Waals surface area contributed by atoms with Crippen LogP contribution >= 0.6 is 11.3 Å². The third kappa shape index (κ3) is 5.49. The average Bonchev–Trinajstić information content (AvgIpc) is 2.60. The molecular weight excluding hydrogens is 240 g/mol. The molecule has 0 amide bonds. The summed E-state index contributed by atoms with van der Waals surface area (Å²) in [7, 11) is 0. The van der Waals surface area contributed by atoms with Crippen molar-refractivity contribution in [1.82, 2.24) is 10.3 Å². The molecule has 0 spiro atoms. The van der Waals surface area contributed by atoms with E-state index in [4.69, 9.17) is 0 Å². The van der Waals surface area contributed by atoms with Gasteiger partial charge in [-0.05, 0) is 46.0 Å². The molecule has 0 saturated carbocycles. The van der Waals surface area contributed by atoms with E-state index < -0.39 is 0 Å². The molecule has 3 heteroatoms. The Hall–Kier alpha value is -0.410. The average molecular weight is 268 g/mol. The number of hydrogen-bond acceptors (Lipinski definition) is 3. The molecule has 1 N–H and O–H groups in total. The van der Waals surface area contributed by atoms with E-state index in [0.29, 0.717) is 5.41 Å². The van der Waals surface area contributed by atoms with Crippen molar-refractivity contribution in [2.75, 3.05) is 6.54 Å². The molecule has 0 aliphatic rings. The molecular formula is C15H28N2S. The van der Waals surface area contributed by atoms with Gasteiger partial charge in [0.2, 0.25) is 0 Å². The quantitative estimate of drug-likeness (QED) is 0.837. The molecule has 0 aliphatic carbocycles. The maximum atomic E-state index is 4.37. The summed E-state index contributed by atoms with van der Waals surface area (Å²) in [6.45, 7) is 14.5. The molecule has 0 aromatic carbocycles. The molecule has 2 nitrogen and oxygen atoms in total. The minimum absolute atomic E-state index is 0.193. The van der Waals surface area contributed by atoms with Crippen molar-refractivity contribution >= 4 is 11.3 Å². The summed E-state index contributed by atoms with van der Waals surface area (Å²) in [5.74, 6) is 0. The SMILES string of the molecule is CCCC(C)(CNC(C)(C)C)Cc1cnc(C)s1. The lowest BCUT2D eigenvalue weighted by Crippen LogP contribution is -2.43. The van der Waals surface area contributed by atoms with E-state index in [1.807, 2.05) is 17.5 Å². The zero-order valence-corrected chi connectivity index (χ0v) is 13.6. The number of rotatable bonds is 6. The summed E-state index contributed by atoms with van der Waals surface area (Å²) in [6, 6.07) is 0. The molecule has 1 rings (SSSR count). The van der Waals surface area contributed by atoms with E-state index in [-0.39, 0.29) is 5.54 Å². The molecule has 0 bridgehead atoms. The van der Waals surface area contributed by atoms with Gasteiger partial charge in [0, 0.05) is 23.2 Å². The number of thiazole rings is 1. The molecule has 1 atom stereocenters. The van der Waals surface area contributed by atoms with Crippen molar-refractivity contribution in [3.05, 3.63) is 16.1 Å². The monoisotopic (exact) mass is 268 g/mol. The molecule has 0 radical (unpaired) electrons. The summed E-state index contributed by atoms with van der Waals surface area (Å²) in [5.41, 5.74) is 0.527. The van der Waals surface area contributed by atoms with Gasteiger partial charge < -0.3 is 5.32 Å². The highest BCUT2D eigenvalue weighted by Gasteiger charge is 2.26. The largest absolute Gasteiger partial charge is 0.312 e. The lowest BCUT2D eigenvalue weighted by molar-refractivity contribution is 0.245. The summed E-state index contributed by atoms with van der Waals surface area (Å²) in [5, 5.41) is 4.83. The van der Waals surface area contributed by atoms with Crippen LogP contribution < -0.4 is 5.32 Å². The molecule has 1 aromatic rings. The second kappa shape index (κ2) is 6.16. The summed E-state index contributed by atoms with van der Waals surface area (Å²) in [4.78, 5) is 5.78. The van der Waals surface area contributed by atoms with Gasteiger partial charge in [-0.3, -0.25) is 0 Å². The van der Waals surface area contributed by atoms with Crippen molar-refractivity contribution in [3.63, 3.8) is 0 Å². The molecule has 18 heavy (non-hydrogen) atoms. The van der Waals surface area contributed by atoms with Crippen LogP contribution in [0.1, 0.15) is 57.3 Å². The van der Waals surface area contributed by atoms with Crippen LogP contribution in [0.4, 0.5) is 0 Å². The first-order chi connectivity index (χ1) is 8.24. The highest BCUT2D eigenvalue weighted by atomic mass is 32.1. The molecule has 1 heterocycles. The Morgan fingerprint density at radius 3 is 2.39 bits per heavy atom. The first-order valence-corrected chi connectivity index (χ1v) is 7.72. The number of aromatic nitrogens is 1. The fraction of sp³-hybridized carbons (Fsp3) is 0.800. The van der Waals surface area contributed by atoms with Crippen molar-refractivity contribution in [3.8, 4) is 0 Å². The van der Waals surface area contributed by atoms with Crippen LogP contribution in [0.5, 0.6) is 0 Å². The van der Waals surface area contributed by atoms with Gasteiger partial charge in [-0.2, -0.15) is 0 Å². The van der Waals surface area contributed by atoms with Gasteiger partial charge in [0.1, 0.15) is 0 Å². The zero-order chi connectivity index (χ0) is 13.8. The molecule has 0 saturated heterocycles. The zero-order valence-electron chi connectivity index (χ0n) is 12.8. The molecule has 0 aliphatic heterocycles. The fourth-order valence-corrected chi connectivity index (χ4v) is 3.24. The Bertz CT molecular complexity index is 365. The van der Waals surface area contributed by atoms with Crippen LogP contribution in [0.15, 0.2) is 6.20 Å². The second-order valence-corrected chi connectivity index (χ2v) is 8.01. The van der Waals surface area contributed by atoms with Crippen molar-refractivity contribution in [2.24, 2.45) is 5.41 Å². The predicted octanol–water partition coefficient (Wildman–Crippen LogP) is 4.19. The smallest absolute Gasteiger partial charge is 0.0896 e. The minimum atomic E-state index is 0.193. The van der Waals surface area contributed by atoms with E-state index in [1.165, 1.54) is 22.7 Å². The van der Waals surface area contributed by atoms with Crippen molar-refractivity contribution < 1.29 is 0 Å². The van der Waals surface area contributed by atoms with E-state index in [2.05, 4.69) is 51.8 Å². The first-order valence-electron chi connectivity index (χ1n) is 6.90. The van der Waals surface area contributed by atoms with Crippen LogP contribution in [-0.2, 0) is 6.42 Å². The van der Waals surface area contributed by atoms with E-state index in [1.54, 1.807) is 0 Å². The van der Waals surface area contributed by atoms with Crippen LogP contribution in [0.25, 0.3) is 0 Å². The van der Waals surface area contributed by atoms with E-state index in [0.717, 1.165) is 13.0 Å². The number of nitrogens with one attached hydrogen (secondary N) is 1. The van der Waals surface area contributed by atoms with Crippen LogP contribution in [0.2, 0.25) is 0 Å². The molecule has 1 unspecified atom stereocenters. The maximum absolute atomic E-state index is 4.37. The third-order valence-corrected chi connectivity index (χ3v) is 4.08. The van der Waals surface area contributed by atoms with Gasteiger partial charge in [-0.15, -0.1) is 11.3 Å². The lowest BCUT2D eigenvalue weighted by Gasteiger charge is -2.33. The van der Waals surface area contributed by atoms with Crippen molar-refractivity contribution in [1.29, 1.82) is 0 Å². The Labute approximate surface area is 116 Å². The van der Waals surface area contributed by atoms with Gasteiger partial charge in [-0.25, -0.2) is 4.98 Å². The lowest BCUT2D eigenvalue weighted by atomic mass is 9.81. The molecule has 104 valence electrons. The Morgan fingerprint density at radius 1 is 1.28 bits per heavy atom. The number of aryl methyl sites for hydroxylation is 1. The molecule has 0 fully saturated rings. The maximum Gasteiger partial charge on any atom is 0.0896 e. The van der Waals surface area contributed by atoms with E-state index in [9.17, 15) is 0 Å². The Morgan fingerprint density at radius 2 is 1.94 bits per heavy atom. The third-order valence-electron chi connectivity index (χ3n) is 3.17. The van der Waals surface area contributed by atoms with Gasteiger partial charge in [-0.1, -0.05) is 20.3 Å². The minimum Gasteiger partial charge on any atom is -0.312 e. The highest BCUT2D eigenvalue weighted by molar-refractivity contribution is 7.11. The van der Waals surface area contributed by atoms with E-state index >= 15 is 0 Å². The summed E-state index contributed by atoms with van der Waals surface area (Å²) in [6.07, 6.45) is 5.67. The number of nitrogens with zero attached hydrogens (tertiary/aromatic N) is 1. The van der Waals surface area contributed by atoms with Crippen LogP contribution in [0, 0.1) is 12.3 Å². The Kier molecular flexibility index (Phi) is 5.35. The predicted molar refractivity (Wildman–Crippen MR) is 81.3 cm³/mol. The Balaban J connectivity index is 2.67. The van der Waals surface area contributed by atoms with Gasteiger partial charge >= 0.3 is 0 Å².